The maximum Gasteiger partial charge on any atom is 0.230 e. The van der Waals surface area contributed by atoms with Crippen LogP contribution < -0.4 is 10.1 Å². The largest absolute Gasteiger partial charge is 0.494 e. The van der Waals surface area contributed by atoms with Crippen molar-refractivity contribution in [3.05, 3.63) is 60.0 Å². The normalized spacial score (nSPS) is 10.5. The van der Waals surface area contributed by atoms with Gasteiger partial charge in [-0.3, -0.25) is 9.78 Å². The van der Waals surface area contributed by atoms with Gasteiger partial charge in [0.25, 0.3) is 0 Å². The summed E-state index contributed by atoms with van der Waals surface area (Å²) in [6.07, 6.45) is 3.83. The van der Waals surface area contributed by atoms with Crippen LogP contribution in [-0.2, 0) is 11.2 Å². The SMILES string of the molecule is CCOc1ccc(CC(=O)Nc2nc(C)c(-c3cccnc3)s2)cc1. The van der Waals surface area contributed by atoms with Crippen LogP contribution >= 0.6 is 11.3 Å². The number of carbonyl (C=O) groups is 1. The van der Waals surface area contributed by atoms with Gasteiger partial charge in [-0.05, 0) is 37.6 Å². The lowest BCUT2D eigenvalue weighted by Crippen LogP contribution is -2.14. The third-order valence-corrected chi connectivity index (χ3v) is 4.69. The van der Waals surface area contributed by atoms with E-state index >= 15 is 0 Å². The van der Waals surface area contributed by atoms with Crippen LogP contribution in [0.1, 0.15) is 18.2 Å². The van der Waals surface area contributed by atoms with Crippen LogP contribution in [0.25, 0.3) is 10.4 Å². The van der Waals surface area contributed by atoms with Crippen molar-refractivity contribution in [2.24, 2.45) is 0 Å². The van der Waals surface area contributed by atoms with Gasteiger partial charge in [0.15, 0.2) is 5.13 Å². The van der Waals surface area contributed by atoms with Gasteiger partial charge in [0.1, 0.15) is 5.75 Å². The smallest absolute Gasteiger partial charge is 0.230 e. The Kier molecular flexibility index (Phi) is 5.40. The molecule has 0 bridgehead atoms. The minimum atomic E-state index is -0.0874. The Labute approximate surface area is 150 Å². The summed E-state index contributed by atoms with van der Waals surface area (Å²) in [5, 5.41) is 3.48. The summed E-state index contributed by atoms with van der Waals surface area (Å²) in [7, 11) is 0. The number of aryl methyl sites for hydroxylation is 1. The number of carbonyl (C=O) groups excluding carboxylic acids is 1. The van der Waals surface area contributed by atoms with Crippen LogP contribution in [0, 0.1) is 6.92 Å². The van der Waals surface area contributed by atoms with Crippen LogP contribution in [0.2, 0.25) is 0 Å². The maximum absolute atomic E-state index is 12.3. The average Bonchev–Trinajstić information content (AvgIpc) is 2.98. The third-order valence-electron chi connectivity index (χ3n) is 3.57. The maximum atomic E-state index is 12.3. The minimum absolute atomic E-state index is 0.0874. The molecule has 3 rings (SSSR count). The van der Waals surface area contributed by atoms with Gasteiger partial charge in [-0.2, -0.15) is 0 Å². The van der Waals surface area contributed by atoms with Gasteiger partial charge in [0, 0.05) is 18.0 Å². The molecule has 0 aliphatic carbocycles. The van der Waals surface area contributed by atoms with E-state index in [0.717, 1.165) is 27.4 Å². The molecule has 0 unspecified atom stereocenters. The van der Waals surface area contributed by atoms with Gasteiger partial charge in [-0.1, -0.05) is 29.5 Å². The number of ether oxygens (including phenoxy) is 1. The number of amides is 1. The molecule has 0 saturated heterocycles. The predicted octanol–water partition coefficient (Wildman–Crippen LogP) is 4.09. The van der Waals surface area contributed by atoms with Gasteiger partial charge < -0.3 is 10.1 Å². The zero-order valence-electron chi connectivity index (χ0n) is 14.2. The highest BCUT2D eigenvalue weighted by Crippen LogP contribution is 2.32. The quantitative estimate of drug-likeness (QED) is 0.725. The number of anilines is 1. The van der Waals surface area contributed by atoms with E-state index in [9.17, 15) is 4.79 Å². The third kappa shape index (κ3) is 4.42. The zero-order chi connectivity index (χ0) is 17.6. The number of nitrogens with one attached hydrogen (secondary N) is 1. The lowest BCUT2D eigenvalue weighted by atomic mass is 10.1. The summed E-state index contributed by atoms with van der Waals surface area (Å²) in [6.45, 7) is 4.50. The summed E-state index contributed by atoms with van der Waals surface area (Å²) in [4.78, 5) is 21.9. The Balaban J connectivity index is 1.65. The van der Waals surface area contributed by atoms with Gasteiger partial charge in [0.05, 0.1) is 23.6 Å². The monoisotopic (exact) mass is 353 g/mol. The summed E-state index contributed by atoms with van der Waals surface area (Å²) in [5.41, 5.74) is 2.82. The number of aromatic nitrogens is 2. The molecule has 1 aromatic carbocycles. The summed E-state index contributed by atoms with van der Waals surface area (Å²) >= 11 is 1.46. The number of thiazole rings is 1. The fourth-order valence-electron chi connectivity index (χ4n) is 2.43. The highest BCUT2D eigenvalue weighted by atomic mass is 32.1. The topological polar surface area (TPSA) is 64.1 Å². The van der Waals surface area contributed by atoms with Crippen LogP contribution in [-0.4, -0.2) is 22.5 Å². The number of hydrogen-bond donors (Lipinski definition) is 1. The van der Waals surface area contributed by atoms with Crippen molar-refractivity contribution in [3.63, 3.8) is 0 Å². The Morgan fingerprint density at radius 3 is 2.72 bits per heavy atom. The molecule has 3 aromatic rings. The molecule has 2 aromatic heterocycles. The number of hydrogen-bond acceptors (Lipinski definition) is 5. The Bertz CT molecular complexity index is 845. The van der Waals surface area contributed by atoms with Gasteiger partial charge in [0.2, 0.25) is 5.91 Å². The van der Waals surface area contributed by atoms with Gasteiger partial charge >= 0.3 is 0 Å². The molecule has 0 aliphatic rings. The minimum Gasteiger partial charge on any atom is -0.494 e. The highest BCUT2D eigenvalue weighted by Gasteiger charge is 2.12. The molecule has 25 heavy (non-hydrogen) atoms. The van der Waals surface area contributed by atoms with Crippen molar-refractivity contribution in [1.82, 2.24) is 9.97 Å². The first-order chi connectivity index (χ1) is 12.2. The molecular weight excluding hydrogens is 334 g/mol. The Morgan fingerprint density at radius 1 is 1.24 bits per heavy atom. The average molecular weight is 353 g/mol. The lowest BCUT2D eigenvalue weighted by Gasteiger charge is -2.05. The van der Waals surface area contributed by atoms with Crippen LogP contribution in [0.15, 0.2) is 48.8 Å². The fourth-order valence-corrected chi connectivity index (χ4v) is 3.41. The molecule has 0 spiro atoms. The first kappa shape index (κ1) is 17.1. The van der Waals surface area contributed by atoms with Crippen molar-refractivity contribution in [3.8, 4) is 16.2 Å². The molecule has 2 heterocycles. The van der Waals surface area contributed by atoms with E-state index < -0.39 is 0 Å². The number of benzene rings is 1. The Morgan fingerprint density at radius 2 is 2.04 bits per heavy atom. The van der Waals surface area contributed by atoms with Crippen LogP contribution in [0.5, 0.6) is 5.75 Å². The molecular formula is C19H19N3O2S. The van der Waals surface area contributed by atoms with Gasteiger partial charge in [-0.15, -0.1) is 0 Å². The van der Waals surface area contributed by atoms with E-state index in [1.165, 1.54) is 11.3 Å². The predicted molar refractivity (Wildman–Crippen MR) is 100 cm³/mol. The summed E-state index contributed by atoms with van der Waals surface area (Å²) in [5.74, 6) is 0.721. The van der Waals surface area contributed by atoms with E-state index in [-0.39, 0.29) is 5.91 Å². The number of nitrogens with zero attached hydrogens (tertiary/aromatic N) is 2. The van der Waals surface area contributed by atoms with E-state index in [2.05, 4.69) is 15.3 Å². The highest BCUT2D eigenvalue weighted by molar-refractivity contribution is 7.19. The van der Waals surface area contributed by atoms with Gasteiger partial charge in [-0.25, -0.2) is 4.98 Å². The summed E-state index contributed by atoms with van der Waals surface area (Å²) in [6, 6.07) is 11.4. The van der Waals surface area contributed by atoms with Crippen molar-refractivity contribution in [2.75, 3.05) is 11.9 Å². The standard InChI is InChI=1S/C19H19N3O2S/c1-3-24-16-8-6-14(7-9-16)11-17(23)22-19-21-13(2)18(25-19)15-5-4-10-20-12-15/h4-10,12H,3,11H2,1-2H3,(H,21,22,23). The van der Waals surface area contributed by atoms with E-state index in [4.69, 9.17) is 4.74 Å². The molecule has 1 N–H and O–H groups in total. The van der Waals surface area contributed by atoms with Crippen molar-refractivity contribution < 1.29 is 9.53 Å². The van der Waals surface area contributed by atoms with E-state index in [1.54, 1.807) is 12.4 Å². The molecule has 1 amide bonds. The second-order valence-corrected chi connectivity index (χ2v) is 6.48. The molecule has 0 fully saturated rings. The zero-order valence-corrected chi connectivity index (χ0v) is 15.0. The molecule has 0 aliphatic heterocycles. The second kappa shape index (κ2) is 7.90. The van der Waals surface area contributed by atoms with Crippen LogP contribution in [0.4, 0.5) is 5.13 Å². The molecule has 128 valence electrons. The van der Waals surface area contributed by atoms with E-state index in [0.29, 0.717) is 18.2 Å². The fraction of sp³-hybridized carbons (Fsp3) is 0.211. The van der Waals surface area contributed by atoms with Crippen molar-refractivity contribution in [2.45, 2.75) is 20.3 Å². The second-order valence-electron chi connectivity index (χ2n) is 5.48. The first-order valence-electron chi connectivity index (χ1n) is 8.05. The number of pyridine rings is 1. The molecule has 0 atom stereocenters. The van der Waals surface area contributed by atoms with Crippen molar-refractivity contribution >= 4 is 22.4 Å². The molecule has 6 heteroatoms. The first-order valence-corrected chi connectivity index (χ1v) is 8.86. The summed E-state index contributed by atoms with van der Waals surface area (Å²) < 4.78 is 5.41. The lowest BCUT2D eigenvalue weighted by molar-refractivity contribution is -0.115. The molecule has 0 radical (unpaired) electrons. The molecule has 0 saturated carbocycles. The Hall–Kier alpha value is -2.73. The van der Waals surface area contributed by atoms with E-state index in [1.807, 2.05) is 50.2 Å². The number of rotatable bonds is 6. The van der Waals surface area contributed by atoms with Crippen LogP contribution in [0.3, 0.4) is 0 Å². The van der Waals surface area contributed by atoms with Crippen molar-refractivity contribution in [1.29, 1.82) is 0 Å². The molecule has 5 nitrogen and oxygen atoms in total.